The number of rotatable bonds is 5. The molecular formula is C18H36N2O. The average Bonchev–Trinajstić information content (AvgIpc) is 2.82. The first-order valence-electron chi connectivity index (χ1n) is 8.78. The third kappa shape index (κ3) is 3.46. The summed E-state index contributed by atoms with van der Waals surface area (Å²) < 4.78 is 6.35. The lowest BCUT2D eigenvalue weighted by Crippen LogP contribution is -2.56. The second-order valence-electron chi connectivity index (χ2n) is 9.09. The van der Waals surface area contributed by atoms with Crippen molar-refractivity contribution in [3.05, 3.63) is 0 Å². The molecule has 0 aromatic heterocycles. The first kappa shape index (κ1) is 17.2. The molecule has 21 heavy (non-hydrogen) atoms. The van der Waals surface area contributed by atoms with Gasteiger partial charge in [-0.15, -0.1) is 0 Å². The second-order valence-corrected chi connectivity index (χ2v) is 9.09. The first-order valence-corrected chi connectivity index (χ1v) is 8.78. The maximum absolute atomic E-state index is 6.35. The quantitative estimate of drug-likeness (QED) is 0.595. The van der Waals surface area contributed by atoms with E-state index in [4.69, 9.17) is 10.6 Å². The average molecular weight is 296 g/mol. The maximum atomic E-state index is 6.35. The Hall–Kier alpha value is -0.120. The van der Waals surface area contributed by atoms with E-state index >= 15 is 0 Å². The summed E-state index contributed by atoms with van der Waals surface area (Å²) in [6.07, 6.45) is 7.69. The number of hydrazine groups is 1. The zero-order chi connectivity index (χ0) is 15.9. The van der Waals surface area contributed by atoms with Crippen molar-refractivity contribution in [1.82, 2.24) is 5.43 Å². The van der Waals surface area contributed by atoms with Gasteiger partial charge in [0.15, 0.2) is 0 Å². The third-order valence-corrected chi connectivity index (χ3v) is 5.80. The molecule has 3 N–H and O–H groups in total. The van der Waals surface area contributed by atoms with Gasteiger partial charge in [-0.3, -0.25) is 11.3 Å². The Balaban J connectivity index is 2.29. The molecule has 1 heterocycles. The Morgan fingerprint density at radius 3 is 2.10 bits per heavy atom. The molecule has 0 aromatic rings. The van der Waals surface area contributed by atoms with Gasteiger partial charge in [-0.2, -0.15) is 0 Å². The largest absolute Gasteiger partial charge is 0.369 e. The van der Waals surface area contributed by atoms with Gasteiger partial charge < -0.3 is 4.74 Å². The van der Waals surface area contributed by atoms with Crippen molar-refractivity contribution >= 4 is 0 Å². The van der Waals surface area contributed by atoms with E-state index in [1.807, 2.05) is 0 Å². The third-order valence-electron chi connectivity index (χ3n) is 5.80. The minimum Gasteiger partial charge on any atom is -0.369 e. The van der Waals surface area contributed by atoms with E-state index < -0.39 is 0 Å². The summed E-state index contributed by atoms with van der Waals surface area (Å²) in [6.45, 7) is 13.6. The number of hydrogen-bond acceptors (Lipinski definition) is 3. The smallest absolute Gasteiger partial charge is 0.0678 e. The molecule has 2 unspecified atom stereocenters. The lowest BCUT2D eigenvalue weighted by atomic mass is 9.65. The predicted octanol–water partition coefficient (Wildman–Crippen LogP) is 4.02. The van der Waals surface area contributed by atoms with Crippen LogP contribution < -0.4 is 11.3 Å². The topological polar surface area (TPSA) is 47.3 Å². The van der Waals surface area contributed by atoms with E-state index in [-0.39, 0.29) is 11.2 Å². The molecule has 0 amide bonds. The van der Waals surface area contributed by atoms with Crippen LogP contribution in [0.4, 0.5) is 0 Å². The fourth-order valence-corrected chi connectivity index (χ4v) is 5.38. The second kappa shape index (κ2) is 5.82. The molecule has 2 aliphatic rings. The van der Waals surface area contributed by atoms with Crippen LogP contribution in [0.25, 0.3) is 0 Å². The molecular weight excluding hydrogens is 260 g/mol. The van der Waals surface area contributed by atoms with Crippen LogP contribution in [0.1, 0.15) is 80.1 Å². The highest BCUT2D eigenvalue weighted by atomic mass is 16.5. The van der Waals surface area contributed by atoms with Crippen LogP contribution in [0.2, 0.25) is 0 Å². The van der Waals surface area contributed by atoms with E-state index in [0.29, 0.717) is 17.4 Å². The minimum atomic E-state index is -0.104. The summed E-state index contributed by atoms with van der Waals surface area (Å²) in [5, 5.41) is 0. The number of nitrogens with two attached hydrogens (primary N) is 1. The zero-order valence-electron chi connectivity index (χ0n) is 15.0. The van der Waals surface area contributed by atoms with Gasteiger partial charge in [0.1, 0.15) is 0 Å². The Morgan fingerprint density at radius 1 is 1.14 bits per heavy atom. The summed E-state index contributed by atoms with van der Waals surface area (Å²) in [7, 11) is 0. The first-order chi connectivity index (χ1) is 9.62. The Morgan fingerprint density at radius 2 is 1.71 bits per heavy atom. The SMILES string of the molecule is CC(C)CC1(C(NN)C2CC(C)(C)OC2(C)C)CCCC1. The minimum absolute atomic E-state index is 0.0408. The highest BCUT2D eigenvalue weighted by Crippen LogP contribution is 2.53. The van der Waals surface area contributed by atoms with Crippen LogP contribution >= 0.6 is 0 Å². The van der Waals surface area contributed by atoms with Crippen molar-refractivity contribution in [1.29, 1.82) is 0 Å². The van der Waals surface area contributed by atoms with Crippen LogP contribution in [0.5, 0.6) is 0 Å². The van der Waals surface area contributed by atoms with Gasteiger partial charge in [-0.05, 0) is 64.7 Å². The van der Waals surface area contributed by atoms with Crippen molar-refractivity contribution in [3.63, 3.8) is 0 Å². The van der Waals surface area contributed by atoms with Gasteiger partial charge >= 0.3 is 0 Å². The van der Waals surface area contributed by atoms with E-state index in [1.165, 1.54) is 32.1 Å². The van der Waals surface area contributed by atoms with E-state index in [0.717, 1.165) is 12.3 Å². The normalized spacial score (nSPS) is 31.7. The van der Waals surface area contributed by atoms with Crippen molar-refractivity contribution in [2.75, 3.05) is 0 Å². The Kier molecular flexibility index (Phi) is 4.78. The van der Waals surface area contributed by atoms with Gasteiger partial charge in [0.2, 0.25) is 0 Å². The van der Waals surface area contributed by atoms with Crippen molar-refractivity contribution in [3.8, 4) is 0 Å². The van der Waals surface area contributed by atoms with Gasteiger partial charge in [0, 0.05) is 12.0 Å². The Bertz CT molecular complexity index is 356. The highest BCUT2D eigenvalue weighted by molar-refractivity contribution is 5.06. The molecule has 124 valence electrons. The van der Waals surface area contributed by atoms with E-state index in [1.54, 1.807) is 0 Å². The standard InChI is InChI=1S/C18H36N2O/c1-13(2)11-18(9-7-8-10-18)15(20-19)14-12-16(3,4)21-17(14,5)6/h13-15,20H,7-12,19H2,1-6H3. The monoisotopic (exact) mass is 296 g/mol. The van der Waals surface area contributed by atoms with Crippen LogP contribution in [0, 0.1) is 17.3 Å². The molecule has 1 aliphatic heterocycles. The van der Waals surface area contributed by atoms with Crippen LogP contribution in [0.15, 0.2) is 0 Å². The number of ether oxygens (including phenoxy) is 1. The molecule has 1 saturated heterocycles. The van der Waals surface area contributed by atoms with Crippen LogP contribution in [-0.4, -0.2) is 17.2 Å². The molecule has 1 saturated carbocycles. The maximum Gasteiger partial charge on any atom is 0.0678 e. The van der Waals surface area contributed by atoms with Gasteiger partial charge in [0.25, 0.3) is 0 Å². The summed E-state index contributed by atoms with van der Waals surface area (Å²) >= 11 is 0. The molecule has 0 spiro atoms. The summed E-state index contributed by atoms with van der Waals surface area (Å²) in [5.74, 6) is 7.30. The van der Waals surface area contributed by atoms with Gasteiger partial charge in [-0.25, -0.2) is 0 Å². The molecule has 0 radical (unpaired) electrons. The predicted molar refractivity (Wildman–Crippen MR) is 88.8 cm³/mol. The molecule has 0 aromatic carbocycles. The highest BCUT2D eigenvalue weighted by Gasteiger charge is 2.54. The van der Waals surface area contributed by atoms with Gasteiger partial charge in [-0.1, -0.05) is 26.7 Å². The molecule has 3 nitrogen and oxygen atoms in total. The van der Waals surface area contributed by atoms with E-state index in [9.17, 15) is 0 Å². The summed E-state index contributed by atoms with van der Waals surface area (Å²) in [4.78, 5) is 0. The molecule has 1 aliphatic carbocycles. The van der Waals surface area contributed by atoms with Gasteiger partial charge in [0.05, 0.1) is 11.2 Å². The zero-order valence-corrected chi connectivity index (χ0v) is 15.0. The fourth-order valence-electron chi connectivity index (χ4n) is 5.38. The van der Waals surface area contributed by atoms with Crippen molar-refractivity contribution < 1.29 is 4.74 Å². The lowest BCUT2D eigenvalue weighted by Gasteiger charge is -2.45. The summed E-state index contributed by atoms with van der Waals surface area (Å²) in [5.41, 5.74) is 3.46. The molecule has 2 fully saturated rings. The lowest BCUT2D eigenvalue weighted by molar-refractivity contribution is -0.0841. The van der Waals surface area contributed by atoms with Crippen LogP contribution in [0.3, 0.4) is 0 Å². The fraction of sp³-hybridized carbons (Fsp3) is 1.00. The van der Waals surface area contributed by atoms with Crippen molar-refractivity contribution in [2.24, 2.45) is 23.1 Å². The Labute approximate surface area is 131 Å². The summed E-state index contributed by atoms with van der Waals surface area (Å²) in [6, 6.07) is 0.360. The van der Waals surface area contributed by atoms with Crippen molar-refractivity contribution in [2.45, 2.75) is 97.3 Å². The van der Waals surface area contributed by atoms with E-state index in [2.05, 4.69) is 47.0 Å². The molecule has 2 atom stereocenters. The molecule has 2 rings (SSSR count). The number of nitrogens with one attached hydrogen (secondary N) is 1. The van der Waals surface area contributed by atoms with Crippen LogP contribution in [-0.2, 0) is 4.74 Å². The molecule has 3 heteroatoms. The molecule has 0 bridgehead atoms. The number of hydrogen-bond donors (Lipinski definition) is 2.